The topological polar surface area (TPSA) is 99.6 Å². The first kappa shape index (κ1) is 17.0. The second-order valence-electron chi connectivity index (χ2n) is 4.77. The molecule has 1 aromatic carbocycles. The maximum absolute atomic E-state index is 11.4. The molecule has 0 aliphatic rings. The van der Waals surface area contributed by atoms with E-state index in [4.69, 9.17) is 18.3 Å². The molecule has 3 rings (SSSR count). The number of hydrogen-bond acceptors (Lipinski definition) is 7. The zero-order chi connectivity index (χ0) is 17.6. The van der Waals surface area contributed by atoms with Crippen LogP contribution in [-0.2, 0) is 11.3 Å². The first-order valence-corrected chi connectivity index (χ1v) is 8.18. The molecule has 3 aromatic rings. The van der Waals surface area contributed by atoms with Gasteiger partial charge in [-0.2, -0.15) is 0 Å². The lowest BCUT2D eigenvalue weighted by atomic mass is 10.3. The number of amides is 1. The third-order valence-electron chi connectivity index (χ3n) is 2.97. The molecule has 25 heavy (non-hydrogen) atoms. The van der Waals surface area contributed by atoms with Gasteiger partial charge >= 0.3 is 6.09 Å². The normalized spacial score (nSPS) is 10.5. The molecule has 0 saturated carbocycles. The van der Waals surface area contributed by atoms with Gasteiger partial charge in [0.25, 0.3) is 11.8 Å². The van der Waals surface area contributed by atoms with Crippen LogP contribution in [0.1, 0.15) is 12.8 Å². The molecule has 0 aliphatic carbocycles. The highest BCUT2D eigenvalue weighted by Crippen LogP contribution is 2.24. The Morgan fingerprint density at radius 2 is 2.12 bits per heavy atom. The number of nitrogens with zero attached hydrogens (tertiary/aromatic N) is 2. The molecular weight excluding hydrogens is 394 g/mol. The highest BCUT2D eigenvalue weighted by atomic mass is 79.9. The van der Waals surface area contributed by atoms with Gasteiger partial charge in [-0.25, -0.2) is 4.79 Å². The van der Waals surface area contributed by atoms with Crippen molar-refractivity contribution in [2.45, 2.75) is 13.5 Å². The maximum Gasteiger partial charge on any atom is 0.411 e. The second kappa shape index (κ2) is 7.84. The SMILES string of the molecule is CCOC(=O)Nc1cccc(OCc2nnc(-c3ccc(Br)o3)o2)c1. The van der Waals surface area contributed by atoms with E-state index in [1.807, 2.05) is 0 Å². The molecule has 0 saturated heterocycles. The van der Waals surface area contributed by atoms with E-state index in [-0.39, 0.29) is 12.5 Å². The molecule has 1 amide bonds. The number of carbonyl (C=O) groups excluding carboxylic acids is 1. The van der Waals surface area contributed by atoms with Crippen LogP contribution in [0.2, 0.25) is 0 Å². The monoisotopic (exact) mass is 407 g/mol. The molecular formula is C16H14BrN3O5. The molecule has 9 heteroatoms. The Bertz CT molecular complexity index is 861. The Labute approximate surface area is 151 Å². The Morgan fingerprint density at radius 3 is 2.88 bits per heavy atom. The summed E-state index contributed by atoms with van der Waals surface area (Å²) in [7, 11) is 0. The van der Waals surface area contributed by atoms with Gasteiger partial charge in [-0.15, -0.1) is 10.2 Å². The molecule has 0 unspecified atom stereocenters. The van der Waals surface area contributed by atoms with Crippen molar-refractivity contribution >= 4 is 27.7 Å². The minimum Gasteiger partial charge on any atom is -0.484 e. The van der Waals surface area contributed by atoms with E-state index in [9.17, 15) is 4.79 Å². The minimum atomic E-state index is -0.522. The third kappa shape index (κ3) is 4.60. The quantitative estimate of drug-likeness (QED) is 0.651. The Morgan fingerprint density at radius 1 is 1.24 bits per heavy atom. The molecule has 0 bridgehead atoms. The fraction of sp³-hybridized carbons (Fsp3) is 0.188. The Hall–Kier alpha value is -2.81. The van der Waals surface area contributed by atoms with Gasteiger partial charge in [0.1, 0.15) is 5.75 Å². The number of aromatic nitrogens is 2. The van der Waals surface area contributed by atoms with Crippen LogP contribution < -0.4 is 10.1 Å². The van der Waals surface area contributed by atoms with Crippen molar-refractivity contribution in [1.82, 2.24) is 10.2 Å². The summed E-state index contributed by atoms with van der Waals surface area (Å²) in [5.74, 6) is 1.56. The highest BCUT2D eigenvalue weighted by Gasteiger charge is 2.13. The van der Waals surface area contributed by atoms with Crippen LogP contribution in [0.25, 0.3) is 11.7 Å². The van der Waals surface area contributed by atoms with Crippen molar-refractivity contribution in [2.75, 3.05) is 11.9 Å². The van der Waals surface area contributed by atoms with Gasteiger partial charge in [-0.1, -0.05) is 6.07 Å². The second-order valence-corrected chi connectivity index (χ2v) is 5.55. The third-order valence-corrected chi connectivity index (χ3v) is 3.40. The number of anilines is 1. The smallest absolute Gasteiger partial charge is 0.411 e. The van der Waals surface area contributed by atoms with Crippen LogP contribution in [0.5, 0.6) is 5.75 Å². The molecule has 130 valence electrons. The van der Waals surface area contributed by atoms with Crippen LogP contribution in [0, 0.1) is 0 Å². The average molecular weight is 408 g/mol. The fourth-order valence-corrected chi connectivity index (χ4v) is 2.24. The van der Waals surface area contributed by atoms with Crippen molar-refractivity contribution in [1.29, 1.82) is 0 Å². The van der Waals surface area contributed by atoms with Crippen molar-refractivity contribution in [3.8, 4) is 17.4 Å². The molecule has 0 aliphatic heterocycles. The number of benzene rings is 1. The summed E-state index contributed by atoms with van der Waals surface area (Å²) in [5.41, 5.74) is 0.558. The molecule has 0 spiro atoms. The molecule has 0 fully saturated rings. The van der Waals surface area contributed by atoms with Gasteiger partial charge in [0, 0.05) is 11.8 Å². The summed E-state index contributed by atoms with van der Waals surface area (Å²) in [5, 5.41) is 10.4. The van der Waals surface area contributed by atoms with E-state index in [2.05, 4.69) is 31.4 Å². The molecule has 0 atom stereocenters. The molecule has 0 radical (unpaired) electrons. The largest absolute Gasteiger partial charge is 0.484 e. The summed E-state index contributed by atoms with van der Waals surface area (Å²) in [4.78, 5) is 11.4. The van der Waals surface area contributed by atoms with Crippen LogP contribution in [0.4, 0.5) is 10.5 Å². The van der Waals surface area contributed by atoms with E-state index in [0.29, 0.717) is 34.4 Å². The van der Waals surface area contributed by atoms with E-state index in [1.54, 1.807) is 43.3 Å². The van der Waals surface area contributed by atoms with Gasteiger partial charge in [0.2, 0.25) is 0 Å². The molecule has 2 aromatic heterocycles. The summed E-state index contributed by atoms with van der Waals surface area (Å²) in [6.07, 6.45) is -0.522. The van der Waals surface area contributed by atoms with Crippen LogP contribution in [0.3, 0.4) is 0 Å². The first-order valence-electron chi connectivity index (χ1n) is 7.39. The number of nitrogens with one attached hydrogen (secondary N) is 1. The summed E-state index contributed by atoms with van der Waals surface area (Å²) >= 11 is 3.21. The van der Waals surface area contributed by atoms with E-state index < -0.39 is 6.09 Å². The van der Waals surface area contributed by atoms with Crippen molar-refractivity contribution in [2.24, 2.45) is 0 Å². The van der Waals surface area contributed by atoms with Crippen molar-refractivity contribution < 1.29 is 23.1 Å². The number of halogens is 1. The molecule has 2 heterocycles. The van der Waals surface area contributed by atoms with E-state index >= 15 is 0 Å². The minimum absolute atomic E-state index is 0.0811. The number of ether oxygens (including phenoxy) is 2. The average Bonchev–Trinajstić information content (AvgIpc) is 3.22. The standard InChI is InChI=1S/C16H14BrN3O5/c1-2-22-16(21)18-10-4-3-5-11(8-10)23-9-14-19-20-15(25-14)12-6-7-13(17)24-12/h3-8H,2,9H2,1H3,(H,18,21). The van der Waals surface area contributed by atoms with Crippen LogP contribution in [-0.4, -0.2) is 22.9 Å². The zero-order valence-electron chi connectivity index (χ0n) is 13.2. The zero-order valence-corrected chi connectivity index (χ0v) is 14.8. The van der Waals surface area contributed by atoms with Gasteiger partial charge in [0.05, 0.1) is 6.61 Å². The summed E-state index contributed by atoms with van der Waals surface area (Å²) in [6, 6.07) is 10.3. The van der Waals surface area contributed by atoms with E-state index in [1.165, 1.54) is 0 Å². The molecule has 1 N–H and O–H groups in total. The lowest BCUT2D eigenvalue weighted by molar-refractivity contribution is 0.168. The fourth-order valence-electron chi connectivity index (χ4n) is 1.93. The summed E-state index contributed by atoms with van der Waals surface area (Å²) < 4.78 is 21.8. The number of furan rings is 1. The van der Waals surface area contributed by atoms with Crippen molar-refractivity contribution in [3.05, 3.63) is 47.0 Å². The number of hydrogen-bond donors (Lipinski definition) is 1. The van der Waals surface area contributed by atoms with Gasteiger partial charge in [-0.05, 0) is 47.1 Å². The lowest BCUT2D eigenvalue weighted by Crippen LogP contribution is -2.13. The predicted octanol–water partition coefficient (Wildman–Crippen LogP) is 4.24. The number of rotatable bonds is 6. The van der Waals surface area contributed by atoms with Gasteiger partial charge in [0.15, 0.2) is 17.0 Å². The molecule has 8 nitrogen and oxygen atoms in total. The number of carbonyl (C=O) groups is 1. The first-order chi connectivity index (χ1) is 12.1. The summed E-state index contributed by atoms with van der Waals surface area (Å²) in [6.45, 7) is 2.12. The van der Waals surface area contributed by atoms with Crippen molar-refractivity contribution in [3.63, 3.8) is 0 Å². The lowest BCUT2D eigenvalue weighted by Gasteiger charge is -2.07. The Balaban J connectivity index is 1.60. The van der Waals surface area contributed by atoms with Crippen LogP contribution in [0.15, 0.2) is 49.9 Å². The predicted molar refractivity (Wildman–Crippen MR) is 91.1 cm³/mol. The highest BCUT2D eigenvalue weighted by molar-refractivity contribution is 9.10. The van der Waals surface area contributed by atoms with E-state index in [0.717, 1.165) is 0 Å². The van der Waals surface area contributed by atoms with Gasteiger partial charge < -0.3 is 18.3 Å². The maximum atomic E-state index is 11.4. The van der Waals surface area contributed by atoms with Crippen LogP contribution >= 0.6 is 15.9 Å². The Kier molecular flexibility index (Phi) is 5.34. The van der Waals surface area contributed by atoms with Gasteiger partial charge in [-0.3, -0.25) is 5.32 Å².